The molecule has 33 heavy (non-hydrogen) atoms. The van der Waals surface area contributed by atoms with Crippen LogP contribution in [0, 0.1) is 5.92 Å². The second-order valence-corrected chi connectivity index (χ2v) is 10.9. The molecule has 2 heterocycles. The standard InChI is InChI=1S/C24H30ClN3O4S/c1-32-22-8-7-21(25)17-23(22)33(30,31)28-11-9-20(10-12-28)24(29)27-15-13-26(14-16-27)18-19-5-3-2-4-6-19/h2-8,17,20H,9-16,18H2,1H3. The van der Waals surface area contributed by atoms with Gasteiger partial charge in [-0.2, -0.15) is 4.31 Å². The molecule has 7 nitrogen and oxygen atoms in total. The SMILES string of the molecule is COc1ccc(Cl)cc1S(=O)(=O)N1CCC(C(=O)N2CCN(Cc3ccccc3)CC2)CC1. The van der Waals surface area contributed by atoms with Crippen LogP contribution in [0.1, 0.15) is 18.4 Å². The molecule has 2 aromatic rings. The molecule has 0 aromatic heterocycles. The number of amides is 1. The molecule has 1 amide bonds. The predicted molar refractivity (Wildman–Crippen MR) is 128 cm³/mol. The number of piperazine rings is 1. The Morgan fingerprint density at radius 2 is 1.67 bits per heavy atom. The van der Waals surface area contributed by atoms with Gasteiger partial charge in [-0.15, -0.1) is 0 Å². The lowest BCUT2D eigenvalue weighted by Gasteiger charge is -2.38. The van der Waals surface area contributed by atoms with Gasteiger partial charge >= 0.3 is 0 Å². The Labute approximate surface area is 200 Å². The zero-order valence-corrected chi connectivity index (χ0v) is 20.4. The molecule has 2 aliphatic rings. The molecule has 0 radical (unpaired) electrons. The third-order valence-corrected chi connectivity index (χ3v) is 8.63. The minimum absolute atomic E-state index is 0.0665. The molecule has 178 valence electrons. The van der Waals surface area contributed by atoms with E-state index >= 15 is 0 Å². The number of halogens is 1. The lowest BCUT2D eigenvalue weighted by atomic mass is 9.96. The lowest BCUT2D eigenvalue weighted by molar-refractivity contribution is -0.138. The summed E-state index contributed by atoms with van der Waals surface area (Å²) in [7, 11) is -2.31. The molecule has 4 rings (SSSR count). The molecular formula is C24H30ClN3O4S. The summed E-state index contributed by atoms with van der Waals surface area (Å²) >= 11 is 6.03. The minimum Gasteiger partial charge on any atom is -0.495 e. The first-order chi connectivity index (χ1) is 15.9. The van der Waals surface area contributed by atoms with Gasteiger partial charge in [0.1, 0.15) is 10.6 Å². The van der Waals surface area contributed by atoms with E-state index in [1.807, 2.05) is 23.1 Å². The Bertz CT molecular complexity index is 1060. The molecule has 2 fully saturated rings. The summed E-state index contributed by atoms with van der Waals surface area (Å²) in [4.78, 5) is 17.5. The smallest absolute Gasteiger partial charge is 0.246 e. The van der Waals surface area contributed by atoms with Crippen LogP contribution in [0.2, 0.25) is 5.02 Å². The van der Waals surface area contributed by atoms with Crippen molar-refractivity contribution >= 4 is 27.5 Å². The zero-order chi connectivity index (χ0) is 23.4. The third kappa shape index (κ3) is 5.51. The second kappa shape index (κ2) is 10.4. The highest BCUT2D eigenvalue weighted by molar-refractivity contribution is 7.89. The number of hydrogen-bond donors (Lipinski definition) is 0. The summed E-state index contributed by atoms with van der Waals surface area (Å²) in [5.74, 6) is 0.274. The fourth-order valence-electron chi connectivity index (χ4n) is 4.56. The summed E-state index contributed by atoms with van der Waals surface area (Å²) < 4.78 is 33.0. The van der Waals surface area contributed by atoms with Crippen molar-refractivity contribution in [1.29, 1.82) is 0 Å². The van der Waals surface area contributed by atoms with Crippen LogP contribution in [0.15, 0.2) is 53.4 Å². The van der Waals surface area contributed by atoms with Crippen LogP contribution in [0.5, 0.6) is 5.75 Å². The Balaban J connectivity index is 1.31. The van der Waals surface area contributed by atoms with Crippen molar-refractivity contribution in [2.75, 3.05) is 46.4 Å². The topological polar surface area (TPSA) is 70.2 Å². The van der Waals surface area contributed by atoms with E-state index in [0.717, 1.165) is 19.6 Å². The Hall–Kier alpha value is -2.13. The molecule has 2 saturated heterocycles. The van der Waals surface area contributed by atoms with Gasteiger partial charge in [-0.1, -0.05) is 41.9 Å². The molecule has 0 N–H and O–H groups in total. The van der Waals surface area contributed by atoms with Crippen molar-refractivity contribution in [3.63, 3.8) is 0 Å². The highest BCUT2D eigenvalue weighted by Crippen LogP contribution is 2.32. The summed E-state index contributed by atoms with van der Waals surface area (Å²) in [5, 5.41) is 0.339. The molecule has 0 saturated carbocycles. The van der Waals surface area contributed by atoms with E-state index in [1.54, 1.807) is 12.1 Å². The monoisotopic (exact) mass is 491 g/mol. The minimum atomic E-state index is -3.75. The third-order valence-electron chi connectivity index (χ3n) is 6.48. The van der Waals surface area contributed by atoms with Crippen LogP contribution >= 0.6 is 11.6 Å². The number of nitrogens with zero attached hydrogens (tertiary/aromatic N) is 3. The van der Waals surface area contributed by atoms with Crippen LogP contribution in [0.25, 0.3) is 0 Å². The first kappa shape index (κ1) is 24.0. The Kier molecular flexibility index (Phi) is 7.58. The van der Waals surface area contributed by atoms with Crippen molar-refractivity contribution in [1.82, 2.24) is 14.1 Å². The van der Waals surface area contributed by atoms with Crippen molar-refractivity contribution in [2.24, 2.45) is 5.92 Å². The quantitative estimate of drug-likeness (QED) is 0.621. The van der Waals surface area contributed by atoms with Gasteiger partial charge in [0.05, 0.1) is 7.11 Å². The average molecular weight is 492 g/mol. The molecule has 0 unspecified atom stereocenters. The summed E-state index contributed by atoms with van der Waals surface area (Å²) in [6.07, 6.45) is 1.04. The van der Waals surface area contributed by atoms with Crippen LogP contribution < -0.4 is 4.74 Å². The molecular weight excluding hydrogens is 462 g/mol. The first-order valence-corrected chi connectivity index (χ1v) is 13.1. The fraction of sp³-hybridized carbons (Fsp3) is 0.458. The second-order valence-electron chi connectivity index (χ2n) is 8.56. The van der Waals surface area contributed by atoms with E-state index in [9.17, 15) is 13.2 Å². The van der Waals surface area contributed by atoms with Gasteiger partial charge < -0.3 is 9.64 Å². The van der Waals surface area contributed by atoms with Gasteiger partial charge in [-0.25, -0.2) is 8.42 Å². The summed E-state index contributed by atoms with van der Waals surface area (Å²) in [6.45, 7) is 4.63. The normalized spacial score (nSPS) is 18.9. The van der Waals surface area contributed by atoms with Crippen LogP contribution in [0.4, 0.5) is 0 Å². The van der Waals surface area contributed by atoms with Gasteiger partial charge in [-0.3, -0.25) is 9.69 Å². The molecule has 2 aliphatic heterocycles. The number of methoxy groups -OCH3 is 1. The molecule has 2 aromatic carbocycles. The van der Waals surface area contributed by atoms with Crippen LogP contribution in [0.3, 0.4) is 0 Å². The number of carbonyl (C=O) groups excluding carboxylic acids is 1. The van der Waals surface area contributed by atoms with E-state index in [2.05, 4.69) is 17.0 Å². The number of sulfonamides is 1. The van der Waals surface area contributed by atoms with E-state index in [-0.39, 0.29) is 22.5 Å². The summed E-state index contributed by atoms with van der Waals surface area (Å²) in [5.41, 5.74) is 1.28. The fourth-order valence-corrected chi connectivity index (χ4v) is 6.45. The van der Waals surface area contributed by atoms with E-state index < -0.39 is 10.0 Å². The van der Waals surface area contributed by atoms with Crippen molar-refractivity contribution in [3.8, 4) is 5.75 Å². The number of carbonyl (C=O) groups is 1. The maximum absolute atomic E-state index is 13.2. The number of rotatable bonds is 6. The Morgan fingerprint density at radius 3 is 2.30 bits per heavy atom. The number of ether oxygens (including phenoxy) is 1. The highest BCUT2D eigenvalue weighted by Gasteiger charge is 2.35. The largest absolute Gasteiger partial charge is 0.495 e. The van der Waals surface area contributed by atoms with Gasteiger partial charge in [-0.05, 0) is 36.6 Å². The van der Waals surface area contributed by atoms with Gasteiger partial charge in [0.25, 0.3) is 0 Å². The summed E-state index contributed by atoms with van der Waals surface area (Å²) in [6, 6.07) is 14.9. The van der Waals surface area contributed by atoms with Crippen LogP contribution in [-0.4, -0.2) is 74.8 Å². The molecule has 0 atom stereocenters. The van der Waals surface area contributed by atoms with E-state index in [1.165, 1.54) is 23.0 Å². The number of benzene rings is 2. The molecule has 0 aliphatic carbocycles. The van der Waals surface area contributed by atoms with Gasteiger partial charge in [0, 0.05) is 56.8 Å². The van der Waals surface area contributed by atoms with E-state index in [0.29, 0.717) is 44.0 Å². The predicted octanol–water partition coefficient (Wildman–Crippen LogP) is 3.09. The molecule has 0 spiro atoms. The lowest BCUT2D eigenvalue weighted by Crippen LogP contribution is -2.51. The maximum Gasteiger partial charge on any atom is 0.246 e. The average Bonchev–Trinajstić information content (AvgIpc) is 2.85. The molecule has 0 bridgehead atoms. The highest BCUT2D eigenvalue weighted by atomic mass is 35.5. The molecule has 9 heteroatoms. The van der Waals surface area contributed by atoms with Crippen LogP contribution in [-0.2, 0) is 21.4 Å². The zero-order valence-electron chi connectivity index (χ0n) is 18.8. The van der Waals surface area contributed by atoms with Crippen molar-refractivity contribution < 1.29 is 17.9 Å². The van der Waals surface area contributed by atoms with Crippen molar-refractivity contribution in [2.45, 2.75) is 24.3 Å². The maximum atomic E-state index is 13.2. The Morgan fingerprint density at radius 1 is 1.00 bits per heavy atom. The number of piperidine rings is 1. The van der Waals surface area contributed by atoms with Gasteiger partial charge in [0.15, 0.2) is 0 Å². The number of hydrogen-bond acceptors (Lipinski definition) is 5. The van der Waals surface area contributed by atoms with E-state index in [4.69, 9.17) is 16.3 Å². The van der Waals surface area contributed by atoms with Gasteiger partial charge in [0.2, 0.25) is 15.9 Å². The first-order valence-electron chi connectivity index (χ1n) is 11.3. The van der Waals surface area contributed by atoms with Crippen molar-refractivity contribution in [3.05, 3.63) is 59.1 Å².